The number of rotatable bonds is 6. The molecule has 0 aromatic rings. The predicted octanol–water partition coefficient (Wildman–Crippen LogP) is 1.75. The van der Waals surface area contributed by atoms with Gasteiger partial charge in [-0.15, -0.1) is 0 Å². The highest BCUT2D eigenvalue weighted by atomic mass is 16.3. The lowest BCUT2D eigenvalue weighted by Gasteiger charge is -2.41. The number of aliphatic hydroxyl groups excluding tert-OH is 1. The second-order valence-corrected chi connectivity index (χ2v) is 6.26. The van der Waals surface area contributed by atoms with Crippen LogP contribution in [0.25, 0.3) is 0 Å². The van der Waals surface area contributed by atoms with E-state index in [0.29, 0.717) is 11.8 Å². The maximum absolute atomic E-state index is 9.69. The number of aliphatic hydroxyl groups is 1. The first-order valence-corrected chi connectivity index (χ1v) is 7.09. The summed E-state index contributed by atoms with van der Waals surface area (Å²) in [7, 11) is 0. The lowest BCUT2D eigenvalue weighted by molar-refractivity contribution is 0.0933. The number of nitrogens with two attached hydrogens (primary N) is 1. The maximum atomic E-state index is 9.69. The second kappa shape index (κ2) is 6.72. The van der Waals surface area contributed by atoms with Gasteiger partial charge in [-0.2, -0.15) is 0 Å². The Morgan fingerprint density at radius 2 is 2.18 bits per heavy atom. The van der Waals surface area contributed by atoms with Gasteiger partial charge in [-0.05, 0) is 37.1 Å². The minimum Gasteiger partial charge on any atom is -0.394 e. The average molecular weight is 242 g/mol. The van der Waals surface area contributed by atoms with Gasteiger partial charge >= 0.3 is 0 Å². The lowest BCUT2D eigenvalue weighted by atomic mass is 9.76. The maximum Gasteiger partial charge on any atom is 0.0613 e. The Bertz CT molecular complexity index is 220. The van der Waals surface area contributed by atoms with Crippen LogP contribution in [0, 0.1) is 17.8 Å². The molecule has 0 saturated heterocycles. The molecule has 0 spiro atoms. The van der Waals surface area contributed by atoms with Gasteiger partial charge in [0.2, 0.25) is 0 Å². The quantitative estimate of drug-likeness (QED) is 0.665. The van der Waals surface area contributed by atoms with E-state index in [4.69, 9.17) is 5.73 Å². The van der Waals surface area contributed by atoms with E-state index < -0.39 is 0 Å². The molecule has 1 aliphatic rings. The van der Waals surface area contributed by atoms with Crippen molar-refractivity contribution in [1.82, 2.24) is 5.32 Å². The largest absolute Gasteiger partial charge is 0.394 e. The van der Waals surface area contributed by atoms with Crippen LogP contribution < -0.4 is 11.1 Å². The SMILES string of the molecule is CC1CCCC(CO)(NCC(CN)C(C)C)C1. The molecule has 1 saturated carbocycles. The number of hydrogen-bond acceptors (Lipinski definition) is 3. The van der Waals surface area contributed by atoms with Crippen molar-refractivity contribution in [2.75, 3.05) is 19.7 Å². The van der Waals surface area contributed by atoms with Crippen molar-refractivity contribution in [3.63, 3.8) is 0 Å². The first-order chi connectivity index (χ1) is 8.03. The highest BCUT2D eigenvalue weighted by Gasteiger charge is 2.34. The predicted molar refractivity (Wildman–Crippen MR) is 72.8 cm³/mol. The molecule has 1 rings (SSSR count). The molecule has 0 radical (unpaired) electrons. The van der Waals surface area contributed by atoms with Crippen LogP contribution in [0.3, 0.4) is 0 Å². The summed E-state index contributed by atoms with van der Waals surface area (Å²) < 4.78 is 0. The summed E-state index contributed by atoms with van der Waals surface area (Å²) in [6.45, 7) is 8.63. The minimum absolute atomic E-state index is 0.0417. The standard InChI is InChI=1S/C14H30N2O/c1-11(2)13(8-15)9-16-14(10-17)6-4-5-12(3)7-14/h11-13,16-17H,4-10,15H2,1-3H3. The lowest BCUT2D eigenvalue weighted by Crippen LogP contribution is -2.53. The molecule has 1 fully saturated rings. The molecule has 3 atom stereocenters. The van der Waals surface area contributed by atoms with Crippen LogP contribution in [0.5, 0.6) is 0 Å². The Balaban J connectivity index is 2.50. The molecule has 0 aromatic heterocycles. The minimum atomic E-state index is -0.0417. The third-order valence-electron chi connectivity index (χ3n) is 4.38. The van der Waals surface area contributed by atoms with E-state index >= 15 is 0 Å². The Morgan fingerprint density at radius 1 is 1.47 bits per heavy atom. The summed E-state index contributed by atoms with van der Waals surface area (Å²) in [5.74, 6) is 1.83. The number of nitrogens with one attached hydrogen (secondary N) is 1. The smallest absolute Gasteiger partial charge is 0.0613 e. The normalized spacial score (nSPS) is 31.8. The van der Waals surface area contributed by atoms with E-state index in [1.165, 1.54) is 12.8 Å². The van der Waals surface area contributed by atoms with Crippen molar-refractivity contribution in [2.45, 2.75) is 52.0 Å². The second-order valence-electron chi connectivity index (χ2n) is 6.26. The average Bonchev–Trinajstić information content (AvgIpc) is 2.29. The fourth-order valence-electron chi connectivity index (χ4n) is 2.96. The molecular weight excluding hydrogens is 212 g/mol. The van der Waals surface area contributed by atoms with Gasteiger partial charge in [0.25, 0.3) is 0 Å². The molecule has 17 heavy (non-hydrogen) atoms. The van der Waals surface area contributed by atoms with Gasteiger partial charge in [0.05, 0.1) is 6.61 Å². The van der Waals surface area contributed by atoms with E-state index in [2.05, 4.69) is 26.1 Å². The van der Waals surface area contributed by atoms with Gasteiger partial charge in [0.15, 0.2) is 0 Å². The molecule has 0 heterocycles. The van der Waals surface area contributed by atoms with E-state index in [1.807, 2.05) is 0 Å². The molecule has 0 aromatic carbocycles. The fraction of sp³-hybridized carbons (Fsp3) is 1.00. The first kappa shape index (κ1) is 14.9. The Morgan fingerprint density at radius 3 is 2.65 bits per heavy atom. The van der Waals surface area contributed by atoms with E-state index in [0.717, 1.165) is 31.8 Å². The highest BCUT2D eigenvalue weighted by Crippen LogP contribution is 2.32. The Kier molecular flexibility index (Phi) is 5.90. The third-order valence-corrected chi connectivity index (χ3v) is 4.38. The zero-order chi connectivity index (χ0) is 12.9. The van der Waals surface area contributed by atoms with Crippen LogP contribution in [-0.2, 0) is 0 Å². The van der Waals surface area contributed by atoms with Crippen LogP contribution in [0.2, 0.25) is 0 Å². The monoisotopic (exact) mass is 242 g/mol. The van der Waals surface area contributed by atoms with Crippen molar-refractivity contribution in [1.29, 1.82) is 0 Å². The summed E-state index contributed by atoms with van der Waals surface area (Å²) in [5, 5.41) is 13.3. The summed E-state index contributed by atoms with van der Waals surface area (Å²) in [4.78, 5) is 0. The molecule has 0 aliphatic heterocycles. The van der Waals surface area contributed by atoms with Crippen molar-refractivity contribution in [2.24, 2.45) is 23.5 Å². The molecule has 0 amide bonds. The molecular formula is C14H30N2O. The first-order valence-electron chi connectivity index (χ1n) is 7.09. The Labute approximate surface area is 106 Å². The van der Waals surface area contributed by atoms with Crippen LogP contribution in [0.4, 0.5) is 0 Å². The molecule has 1 aliphatic carbocycles. The summed E-state index contributed by atoms with van der Waals surface area (Å²) in [5.41, 5.74) is 5.76. The molecule has 3 heteroatoms. The summed E-state index contributed by atoms with van der Waals surface area (Å²) in [6.07, 6.45) is 4.72. The van der Waals surface area contributed by atoms with Crippen LogP contribution >= 0.6 is 0 Å². The van der Waals surface area contributed by atoms with Gasteiger partial charge in [0.1, 0.15) is 0 Å². The van der Waals surface area contributed by atoms with E-state index in [-0.39, 0.29) is 12.1 Å². The molecule has 4 N–H and O–H groups in total. The van der Waals surface area contributed by atoms with Gasteiger partial charge in [-0.3, -0.25) is 0 Å². The van der Waals surface area contributed by atoms with Crippen molar-refractivity contribution < 1.29 is 5.11 Å². The van der Waals surface area contributed by atoms with Crippen LogP contribution in [0.1, 0.15) is 46.5 Å². The van der Waals surface area contributed by atoms with Crippen LogP contribution in [0.15, 0.2) is 0 Å². The van der Waals surface area contributed by atoms with Gasteiger partial charge in [-0.25, -0.2) is 0 Å². The highest BCUT2D eigenvalue weighted by molar-refractivity contribution is 4.93. The van der Waals surface area contributed by atoms with Gasteiger partial charge in [0, 0.05) is 12.1 Å². The topological polar surface area (TPSA) is 58.3 Å². The summed E-state index contributed by atoms with van der Waals surface area (Å²) in [6, 6.07) is 0. The van der Waals surface area contributed by atoms with Crippen molar-refractivity contribution in [3.05, 3.63) is 0 Å². The molecule has 3 unspecified atom stereocenters. The zero-order valence-corrected chi connectivity index (χ0v) is 11.7. The van der Waals surface area contributed by atoms with E-state index in [1.54, 1.807) is 0 Å². The van der Waals surface area contributed by atoms with Gasteiger partial charge in [-0.1, -0.05) is 33.6 Å². The summed E-state index contributed by atoms with van der Waals surface area (Å²) >= 11 is 0. The number of hydrogen-bond donors (Lipinski definition) is 3. The van der Waals surface area contributed by atoms with Crippen molar-refractivity contribution >= 4 is 0 Å². The molecule has 0 bridgehead atoms. The van der Waals surface area contributed by atoms with Gasteiger partial charge < -0.3 is 16.2 Å². The van der Waals surface area contributed by atoms with E-state index in [9.17, 15) is 5.11 Å². The van der Waals surface area contributed by atoms with Crippen molar-refractivity contribution in [3.8, 4) is 0 Å². The third kappa shape index (κ3) is 4.23. The fourth-order valence-corrected chi connectivity index (χ4v) is 2.96. The molecule has 102 valence electrons. The zero-order valence-electron chi connectivity index (χ0n) is 11.7. The Hall–Kier alpha value is -0.120. The molecule has 3 nitrogen and oxygen atoms in total. The van der Waals surface area contributed by atoms with Crippen LogP contribution in [-0.4, -0.2) is 30.3 Å².